The lowest BCUT2D eigenvalue weighted by molar-refractivity contribution is 0.0690. The molecule has 0 saturated carbocycles. The lowest BCUT2D eigenvalue weighted by Crippen LogP contribution is -2.28. The molecular weight excluding hydrogens is 279 g/mol. The van der Waals surface area contributed by atoms with Gasteiger partial charge in [-0.25, -0.2) is 13.9 Å². The van der Waals surface area contributed by atoms with E-state index in [1.807, 2.05) is 0 Å². The molecule has 0 aliphatic heterocycles. The third-order valence-corrected chi connectivity index (χ3v) is 2.82. The van der Waals surface area contributed by atoms with Crippen LogP contribution < -0.4 is 5.32 Å². The number of aromatic carboxylic acids is 1. The first-order valence-corrected chi connectivity index (χ1v) is 6.15. The van der Waals surface area contributed by atoms with Crippen molar-refractivity contribution in [3.8, 4) is 0 Å². The molecule has 1 amide bonds. The molecule has 1 heterocycles. The first-order valence-electron chi connectivity index (χ1n) is 6.15. The van der Waals surface area contributed by atoms with Crippen LogP contribution >= 0.6 is 0 Å². The van der Waals surface area contributed by atoms with Gasteiger partial charge in [0.2, 0.25) is 0 Å². The molecule has 21 heavy (non-hydrogen) atoms. The van der Waals surface area contributed by atoms with E-state index in [9.17, 15) is 14.0 Å². The van der Waals surface area contributed by atoms with Gasteiger partial charge in [-0.2, -0.15) is 0 Å². The van der Waals surface area contributed by atoms with Gasteiger partial charge in [0.15, 0.2) is 5.69 Å². The van der Waals surface area contributed by atoms with Crippen LogP contribution in [0.4, 0.5) is 4.39 Å². The predicted molar refractivity (Wildman–Crippen MR) is 70.5 cm³/mol. The van der Waals surface area contributed by atoms with Crippen LogP contribution in [0.3, 0.4) is 0 Å². The number of hydrogen-bond donors (Lipinski definition) is 2. The quantitative estimate of drug-likeness (QED) is 0.851. The van der Waals surface area contributed by atoms with Gasteiger partial charge in [0, 0.05) is 12.1 Å². The third kappa shape index (κ3) is 3.62. The Bertz CT molecular complexity index is 684. The summed E-state index contributed by atoms with van der Waals surface area (Å²) in [5.41, 5.74) is 0.776. The second kappa shape index (κ2) is 6.12. The van der Waals surface area contributed by atoms with Crippen LogP contribution in [0.2, 0.25) is 0 Å². The molecule has 1 aromatic heterocycles. The summed E-state index contributed by atoms with van der Waals surface area (Å²) in [6.45, 7) is 2.18. The summed E-state index contributed by atoms with van der Waals surface area (Å²) >= 11 is 0. The van der Waals surface area contributed by atoms with Gasteiger partial charge in [-0.05, 0) is 30.7 Å². The molecule has 110 valence electrons. The number of amides is 1. The standard InChI is InChI=1S/C13H13FN4O3/c1-8-6-9(14)2-3-10(8)12(19)15-4-5-18-7-11(13(20)21)16-17-18/h2-3,6-7H,4-5H2,1H3,(H,15,19)(H,20,21). The number of nitrogens with one attached hydrogen (secondary N) is 1. The maximum Gasteiger partial charge on any atom is 0.358 e. The number of rotatable bonds is 5. The van der Waals surface area contributed by atoms with E-state index in [0.717, 1.165) is 0 Å². The average Bonchev–Trinajstić information content (AvgIpc) is 2.87. The summed E-state index contributed by atoms with van der Waals surface area (Å²) < 4.78 is 14.3. The molecule has 0 aliphatic carbocycles. The topological polar surface area (TPSA) is 97.1 Å². The van der Waals surface area contributed by atoms with Crippen LogP contribution in [0, 0.1) is 12.7 Å². The maximum atomic E-state index is 13.0. The van der Waals surface area contributed by atoms with E-state index in [4.69, 9.17) is 5.11 Å². The first kappa shape index (κ1) is 14.6. The largest absolute Gasteiger partial charge is 0.476 e. The van der Waals surface area contributed by atoms with Gasteiger partial charge in [-0.1, -0.05) is 5.21 Å². The minimum atomic E-state index is -1.16. The highest BCUT2D eigenvalue weighted by Gasteiger charge is 2.10. The van der Waals surface area contributed by atoms with Crippen LogP contribution in [0.1, 0.15) is 26.4 Å². The molecule has 0 spiro atoms. The van der Waals surface area contributed by atoms with E-state index in [-0.39, 0.29) is 24.7 Å². The van der Waals surface area contributed by atoms with Crippen molar-refractivity contribution in [3.63, 3.8) is 0 Å². The fourth-order valence-electron chi connectivity index (χ4n) is 1.77. The average molecular weight is 292 g/mol. The van der Waals surface area contributed by atoms with E-state index in [2.05, 4.69) is 15.6 Å². The van der Waals surface area contributed by atoms with Gasteiger partial charge < -0.3 is 10.4 Å². The molecular formula is C13H13FN4O3. The zero-order valence-corrected chi connectivity index (χ0v) is 11.2. The van der Waals surface area contributed by atoms with Crippen molar-refractivity contribution in [3.05, 3.63) is 47.0 Å². The molecule has 8 heteroatoms. The molecule has 0 saturated heterocycles. The minimum absolute atomic E-state index is 0.157. The number of carbonyl (C=O) groups is 2. The second-order valence-corrected chi connectivity index (χ2v) is 4.39. The Morgan fingerprint density at radius 1 is 1.43 bits per heavy atom. The van der Waals surface area contributed by atoms with Crippen molar-refractivity contribution in [2.75, 3.05) is 6.54 Å². The monoisotopic (exact) mass is 292 g/mol. The number of halogens is 1. The van der Waals surface area contributed by atoms with Crippen molar-refractivity contribution >= 4 is 11.9 Å². The Kier molecular flexibility index (Phi) is 4.27. The number of aryl methyl sites for hydroxylation is 1. The zero-order valence-electron chi connectivity index (χ0n) is 11.2. The summed E-state index contributed by atoms with van der Waals surface area (Å²) in [4.78, 5) is 22.5. The molecule has 0 fully saturated rings. The Morgan fingerprint density at radius 3 is 2.81 bits per heavy atom. The Morgan fingerprint density at radius 2 is 2.19 bits per heavy atom. The second-order valence-electron chi connectivity index (χ2n) is 4.39. The van der Waals surface area contributed by atoms with E-state index in [1.165, 1.54) is 29.1 Å². The molecule has 0 radical (unpaired) electrons. The summed E-state index contributed by atoms with van der Waals surface area (Å²) in [7, 11) is 0. The lowest BCUT2D eigenvalue weighted by atomic mass is 10.1. The normalized spacial score (nSPS) is 10.4. The lowest BCUT2D eigenvalue weighted by Gasteiger charge is -2.07. The molecule has 0 unspecified atom stereocenters. The van der Waals surface area contributed by atoms with Crippen molar-refractivity contribution < 1.29 is 19.1 Å². The SMILES string of the molecule is Cc1cc(F)ccc1C(=O)NCCn1cc(C(=O)O)nn1. The van der Waals surface area contributed by atoms with Gasteiger partial charge in [-0.15, -0.1) is 5.10 Å². The number of hydrogen-bond acceptors (Lipinski definition) is 4. The zero-order chi connectivity index (χ0) is 15.4. The first-order chi connectivity index (χ1) is 9.97. The molecule has 2 rings (SSSR count). The fraction of sp³-hybridized carbons (Fsp3) is 0.231. The van der Waals surface area contributed by atoms with Gasteiger partial charge in [0.1, 0.15) is 5.82 Å². The highest BCUT2D eigenvalue weighted by molar-refractivity contribution is 5.95. The number of nitrogens with zero attached hydrogens (tertiary/aromatic N) is 3. The summed E-state index contributed by atoms with van der Waals surface area (Å²) in [6.07, 6.45) is 1.28. The summed E-state index contributed by atoms with van der Waals surface area (Å²) in [6, 6.07) is 3.92. The smallest absolute Gasteiger partial charge is 0.358 e. The Balaban J connectivity index is 1.90. The molecule has 1 aromatic carbocycles. The Hall–Kier alpha value is -2.77. The molecule has 7 nitrogen and oxygen atoms in total. The summed E-state index contributed by atoms with van der Waals surface area (Å²) in [5.74, 6) is -1.88. The highest BCUT2D eigenvalue weighted by Crippen LogP contribution is 2.09. The number of carboxylic acids is 1. The molecule has 0 atom stereocenters. The van der Waals surface area contributed by atoms with Crippen molar-refractivity contribution in [2.45, 2.75) is 13.5 Å². The highest BCUT2D eigenvalue weighted by atomic mass is 19.1. The third-order valence-electron chi connectivity index (χ3n) is 2.82. The van der Waals surface area contributed by atoms with E-state index < -0.39 is 11.8 Å². The van der Waals surface area contributed by atoms with Crippen LogP contribution in [0.25, 0.3) is 0 Å². The molecule has 2 N–H and O–H groups in total. The van der Waals surface area contributed by atoms with E-state index in [0.29, 0.717) is 11.1 Å². The Labute approximate surface area is 119 Å². The molecule has 0 bridgehead atoms. The van der Waals surface area contributed by atoms with Crippen molar-refractivity contribution in [1.82, 2.24) is 20.3 Å². The van der Waals surface area contributed by atoms with Crippen molar-refractivity contribution in [2.24, 2.45) is 0 Å². The van der Waals surface area contributed by atoms with Gasteiger partial charge in [-0.3, -0.25) is 4.79 Å². The maximum absolute atomic E-state index is 13.0. The molecule has 0 aliphatic rings. The van der Waals surface area contributed by atoms with Crippen LogP contribution in [-0.4, -0.2) is 38.5 Å². The van der Waals surface area contributed by atoms with Crippen LogP contribution in [-0.2, 0) is 6.54 Å². The number of carbonyl (C=O) groups excluding carboxylic acids is 1. The fourth-order valence-corrected chi connectivity index (χ4v) is 1.77. The predicted octanol–water partition coefficient (Wildman–Crippen LogP) is 0.854. The van der Waals surface area contributed by atoms with E-state index in [1.54, 1.807) is 6.92 Å². The van der Waals surface area contributed by atoms with Crippen LogP contribution in [0.5, 0.6) is 0 Å². The van der Waals surface area contributed by atoms with Gasteiger partial charge in [0.05, 0.1) is 12.7 Å². The summed E-state index contributed by atoms with van der Waals surface area (Å²) in [5, 5.41) is 18.4. The van der Waals surface area contributed by atoms with Crippen LogP contribution in [0.15, 0.2) is 24.4 Å². The van der Waals surface area contributed by atoms with E-state index >= 15 is 0 Å². The minimum Gasteiger partial charge on any atom is -0.476 e. The van der Waals surface area contributed by atoms with Gasteiger partial charge >= 0.3 is 5.97 Å². The number of benzene rings is 1. The molecule has 2 aromatic rings. The number of aromatic nitrogens is 3. The van der Waals surface area contributed by atoms with Crippen molar-refractivity contribution in [1.29, 1.82) is 0 Å². The number of carboxylic acid groups (broad SMARTS) is 1. The van der Waals surface area contributed by atoms with Gasteiger partial charge in [0.25, 0.3) is 5.91 Å².